The summed E-state index contributed by atoms with van der Waals surface area (Å²) in [5.74, 6) is -0.103. The molecule has 1 saturated heterocycles. The van der Waals surface area contributed by atoms with Crippen LogP contribution in [-0.4, -0.2) is 42.6 Å². The number of rotatable bonds is 3. The Morgan fingerprint density at radius 3 is 3.00 bits per heavy atom. The Kier molecular flexibility index (Phi) is 4.72. The van der Waals surface area contributed by atoms with Gasteiger partial charge in [0.2, 0.25) is 5.91 Å². The fourth-order valence-electron chi connectivity index (χ4n) is 2.26. The largest absolute Gasteiger partial charge is 0.376 e. The lowest BCUT2D eigenvalue weighted by Gasteiger charge is -2.36. The van der Waals surface area contributed by atoms with E-state index in [1.54, 1.807) is 24.3 Å². The second kappa shape index (κ2) is 6.51. The number of anilines is 1. The van der Waals surface area contributed by atoms with Crippen molar-refractivity contribution in [3.8, 4) is 6.07 Å². The monoisotopic (exact) mass is 273 g/mol. The van der Waals surface area contributed by atoms with E-state index in [2.05, 4.69) is 16.3 Å². The highest BCUT2D eigenvalue weighted by molar-refractivity contribution is 5.93. The first-order valence-corrected chi connectivity index (χ1v) is 6.74. The van der Waals surface area contributed by atoms with Crippen LogP contribution in [0.15, 0.2) is 24.3 Å². The van der Waals surface area contributed by atoms with Gasteiger partial charge >= 0.3 is 0 Å². The molecule has 0 bridgehead atoms. The van der Waals surface area contributed by atoms with Gasteiger partial charge in [0.05, 0.1) is 30.5 Å². The zero-order valence-electron chi connectivity index (χ0n) is 11.8. The predicted molar refractivity (Wildman–Crippen MR) is 76.2 cm³/mol. The molecule has 1 fully saturated rings. The van der Waals surface area contributed by atoms with Gasteiger partial charge in [0.1, 0.15) is 6.07 Å². The highest BCUT2D eigenvalue weighted by atomic mass is 16.5. The summed E-state index contributed by atoms with van der Waals surface area (Å²) in [6.07, 6.45) is 0.144. The van der Waals surface area contributed by atoms with E-state index >= 15 is 0 Å². The summed E-state index contributed by atoms with van der Waals surface area (Å²) < 4.78 is 5.54. The molecule has 1 amide bonds. The molecular formula is C15H19N3O2. The third-order valence-electron chi connectivity index (χ3n) is 3.41. The number of nitrogens with one attached hydrogen (secondary N) is 1. The SMILES string of the molecule is CC1CN(CC(=O)Nc2ccccc2C#N)C(C)CO1. The van der Waals surface area contributed by atoms with E-state index in [0.29, 0.717) is 24.4 Å². The Morgan fingerprint density at radius 1 is 1.50 bits per heavy atom. The van der Waals surface area contributed by atoms with Gasteiger partial charge in [-0.2, -0.15) is 5.26 Å². The maximum atomic E-state index is 12.1. The number of nitrogens with zero attached hydrogens (tertiary/aromatic N) is 2. The van der Waals surface area contributed by atoms with Crippen molar-refractivity contribution in [3.63, 3.8) is 0 Å². The van der Waals surface area contributed by atoms with Crippen LogP contribution < -0.4 is 5.32 Å². The van der Waals surface area contributed by atoms with Gasteiger partial charge in [-0.15, -0.1) is 0 Å². The molecule has 0 aliphatic carbocycles. The summed E-state index contributed by atoms with van der Waals surface area (Å²) in [6, 6.07) is 9.30. The molecule has 5 nitrogen and oxygen atoms in total. The Hall–Kier alpha value is -1.90. The van der Waals surface area contributed by atoms with Crippen LogP contribution in [0.4, 0.5) is 5.69 Å². The fourth-order valence-corrected chi connectivity index (χ4v) is 2.26. The van der Waals surface area contributed by atoms with Gasteiger partial charge in [-0.05, 0) is 26.0 Å². The van der Waals surface area contributed by atoms with Crippen LogP contribution in [0.25, 0.3) is 0 Å². The zero-order valence-corrected chi connectivity index (χ0v) is 11.8. The number of para-hydroxylation sites is 1. The number of benzene rings is 1. The summed E-state index contributed by atoms with van der Waals surface area (Å²) in [4.78, 5) is 14.2. The summed E-state index contributed by atoms with van der Waals surface area (Å²) >= 11 is 0. The second-order valence-electron chi connectivity index (χ2n) is 5.13. The molecule has 1 aliphatic rings. The fraction of sp³-hybridized carbons (Fsp3) is 0.467. The summed E-state index contributed by atoms with van der Waals surface area (Å²) in [5, 5.41) is 11.8. The van der Waals surface area contributed by atoms with Gasteiger partial charge in [-0.1, -0.05) is 12.1 Å². The van der Waals surface area contributed by atoms with E-state index in [1.807, 2.05) is 13.8 Å². The molecule has 0 aromatic heterocycles. The van der Waals surface area contributed by atoms with Crippen molar-refractivity contribution in [1.82, 2.24) is 4.90 Å². The molecule has 2 unspecified atom stereocenters. The van der Waals surface area contributed by atoms with Crippen molar-refractivity contribution in [3.05, 3.63) is 29.8 Å². The number of nitriles is 1. The average Bonchev–Trinajstić information content (AvgIpc) is 2.43. The molecule has 0 saturated carbocycles. The second-order valence-corrected chi connectivity index (χ2v) is 5.13. The number of morpholine rings is 1. The third-order valence-corrected chi connectivity index (χ3v) is 3.41. The number of amides is 1. The minimum absolute atomic E-state index is 0.103. The predicted octanol–water partition coefficient (Wildman–Crippen LogP) is 1.61. The maximum absolute atomic E-state index is 12.1. The van der Waals surface area contributed by atoms with E-state index < -0.39 is 0 Å². The summed E-state index contributed by atoms with van der Waals surface area (Å²) in [5.41, 5.74) is 1.04. The number of hydrogen-bond acceptors (Lipinski definition) is 4. The quantitative estimate of drug-likeness (QED) is 0.908. The van der Waals surface area contributed by atoms with Crippen LogP contribution in [0.5, 0.6) is 0 Å². The Labute approximate surface area is 119 Å². The number of hydrogen-bond donors (Lipinski definition) is 1. The Bertz CT molecular complexity index is 524. The van der Waals surface area contributed by atoms with Crippen LogP contribution in [0.1, 0.15) is 19.4 Å². The van der Waals surface area contributed by atoms with Gasteiger partial charge in [0.15, 0.2) is 0 Å². The third kappa shape index (κ3) is 3.56. The van der Waals surface area contributed by atoms with Crippen LogP contribution in [0.3, 0.4) is 0 Å². The first-order chi connectivity index (χ1) is 9.60. The molecule has 2 atom stereocenters. The minimum Gasteiger partial charge on any atom is -0.376 e. The Balaban J connectivity index is 1.97. The van der Waals surface area contributed by atoms with Crippen LogP contribution >= 0.6 is 0 Å². The normalized spacial score (nSPS) is 23.1. The van der Waals surface area contributed by atoms with Gasteiger partial charge in [-0.25, -0.2) is 0 Å². The smallest absolute Gasteiger partial charge is 0.238 e. The van der Waals surface area contributed by atoms with E-state index in [9.17, 15) is 4.79 Å². The maximum Gasteiger partial charge on any atom is 0.238 e. The zero-order chi connectivity index (χ0) is 14.5. The van der Waals surface area contributed by atoms with Crippen LogP contribution in [0, 0.1) is 11.3 Å². The molecule has 0 radical (unpaired) electrons. The molecule has 1 aromatic carbocycles. The molecule has 5 heteroatoms. The van der Waals surface area contributed by atoms with Crippen LogP contribution in [-0.2, 0) is 9.53 Å². The molecule has 1 aliphatic heterocycles. The van der Waals surface area contributed by atoms with Crippen molar-refractivity contribution >= 4 is 11.6 Å². The van der Waals surface area contributed by atoms with E-state index in [-0.39, 0.29) is 18.1 Å². The molecule has 1 aromatic rings. The first-order valence-electron chi connectivity index (χ1n) is 6.74. The van der Waals surface area contributed by atoms with Crippen molar-refractivity contribution in [2.75, 3.05) is 25.0 Å². The molecule has 2 rings (SSSR count). The van der Waals surface area contributed by atoms with Crippen molar-refractivity contribution in [2.45, 2.75) is 26.0 Å². The molecule has 20 heavy (non-hydrogen) atoms. The molecular weight excluding hydrogens is 254 g/mol. The summed E-state index contributed by atoms with van der Waals surface area (Å²) in [6.45, 7) is 5.75. The van der Waals surface area contributed by atoms with Gasteiger partial charge < -0.3 is 10.1 Å². The van der Waals surface area contributed by atoms with E-state index in [1.165, 1.54) is 0 Å². The van der Waals surface area contributed by atoms with Crippen molar-refractivity contribution < 1.29 is 9.53 Å². The number of carbonyl (C=O) groups excluding carboxylic acids is 1. The topological polar surface area (TPSA) is 65.4 Å². The standard InChI is InChI=1S/C15H19N3O2/c1-11-10-20-12(2)8-18(11)9-15(19)17-14-6-4-3-5-13(14)7-16/h3-6,11-12H,8-10H2,1-2H3,(H,17,19). The van der Waals surface area contributed by atoms with Crippen LogP contribution in [0.2, 0.25) is 0 Å². The van der Waals surface area contributed by atoms with Gasteiger partial charge in [-0.3, -0.25) is 9.69 Å². The number of ether oxygens (including phenoxy) is 1. The minimum atomic E-state index is -0.103. The van der Waals surface area contributed by atoms with E-state index in [4.69, 9.17) is 10.00 Å². The van der Waals surface area contributed by atoms with Crippen molar-refractivity contribution in [2.24, 2.45) is 0 Å². The van der Waals surface area contributed by atoms with Gasteiger partial charge in [0.25, 0.3) is 0 Å². The molecule has 1 heterocycles. The first kappa shape index (κ1) is 14.5. The van der Waals surface area contributed by atoms with Crippen molar-refractivity contribution in [1.29, 1.82) is 5.26 Å². The molecule has 1 N–H and O–H groups in total. The lowest BCUT2D eigenvalue weighted by Crippen LogP contribution is -2.50. The highest BCUT2D eigenvalue weighted by Crippen LogP contribution is 2.15. The average molecular weight is 273 g/mol. The van der Waals surface area contributed by atoms with Gasteiger partial charge in [0, 0.05) is 12.6 Å². The lowest BCUT2D eigenvalue weighted by molar-refractivity contribution is -0.121. The molecule has 106 valence electrons. The lowest BCUT2D eigenvalue weighted by atomic mass is 10.2. The van der Waals surface area contributed by atoms with E-state index in [0.717, 1.165) is 6.54 Å². The summed E-state index contributed by atoms with van der Waals surface area (Å²) in [7, 11) is 0. The molecule has 0 spiro atoms. The highest BCUT2D eigenvalue weighted by Gasteiger charge is 2.25. The number of carbonyl (C=O) groups is 1. The Morgan fingerprint density at radius 2 is 2.25 bits per heavy atom.